The van der Waals surface area contributed by atoms with E-state index in [1.54, 1.807) is 19.9 Å². The summed E-state index contributed by atoms with van der Waals surface area (Å²) in [6.45, 7) is 14.2. The van der Waals surface area contributed by atoms with E-state index in [-0.39, 0.29) is 17.8 Å². The van der Waals surface area contributed by atoms with Gasteiger partial charge in [-0.25, -0.2) is 4.79 Å². The van der Waals surface area contributed by atoms with Crippen molar-refractivity contribution in [2.24, 2.45) is 34.0 Å². The van der Waals surface area contributed by atoms with Crippen molar-refractivity contribution in [2.45, 2.75) is 84.6 Å². The molecule has 11 nitrogen and oxygen atoms in total. The van der Waals surface area contributed by atoms with Gasteiger partial charge in [-0.2, -0.15) is 0 Å². The van der Waals surface area contributed by atoms with Gasteiger partial charge in [0.25, 0.3) is 0 Å². The Labute approximate surface area is 244 Å². The average molecular weight is 587 g/mol. The number of allylic oxidation sites excluding steroid dienone is 2. The second kappa shape index (κ2) is 9.60. The molecule has 1 spiro atoms. The van der Waals surface area contributed by atoms with Crippen LogP contribution >= 0.6 is 0 Å². The lowest BCUT2D eigenvalue weighted by Gasteiger charge is -2.59. The number of ether oxygens (including phenoxy) is 5. The third kappa shape index (κ3) is 3.96. The summed E-state index contributed by atoms with van der Waals surface area (Å²) in [7, 11) is 1.27. The van der Waals surface area contributed by atoms with Gasteiger partial charge in [0.2, 0.25) is 6.29 Å². The lowest BCUT2D eigenvalue weighted by Crippen LogP contribution is -2.67. The van der Waals surface area contributed by atoms with Gasteiger partial charge in [-0.1, -0.05) is 40.3 Å². The number of hydrogen-bond donors (Lipinski definition) is 1. The highest BCUT2D eigenvalue weighted by Gasteiger charge is 2.84. The summed E-state index contributed by atoms with van der Waals surface area (Å²) >= 11 is 0. The van der Waals surface area contributed by atoms with Crippen LogP contribution in [-0.4, -0.2) is 72.1 Å². The highest BCUT2D eigenvalue weighted by molar-refractivity contribution is 5.96. The number of methoxy groups -OCH3 is 1. The number of hydrogen-bond acceptors (Lipinski definition) is 11. The molecule has 2 saturated carbocycles. The van der Waals surface area contributed by atoms with E-state index in [9.17, 15) is 29.1 Å². The van der Waals surface area contributed by atoms with Crippen LogP contribution in [0, 0.1) is 34.0 Å². The van der Waals surface area contributed by atoms with Gasteiger partial charge in [0.15, 0.2) is 5.78 Å². The van der Waals surface area contributed by atoms with Crippen LogP contribution in [0.1, 0.15) is 54.4 Å². The number of cyclic esters (lactones) is 1. The van der Waals surface area contributed by atoms with Crippen LogP contribution < -0.4 is 0 Å². The molecule has 0 aromatic heterocycles. The number of aliphatic hydroxyl groups excluding tert-OH is 1. The average Bonchev–Trinajstić information content (AvgIpc) is 3.44. The molecule has 42 heavy (non-hydrogen) atoms. The smallest absolute Gasteiger partial charge is 0.336 e. The molecule has 3 fully saturated rings. The molecule has 10 atom stereocenters. The fourth-order valence-electron chi connectivity index (χ4n) is 8.72. The number of carbonyl (C=O) groups excluding carboxylic acids is 5. The predicted octanol–water partition coefficient (Wildman–Crippen LogP) is 2.35. The monoisotopic (exact) mass is 586 g/mol. The Hall–Kier alpha value is -3.31. The van der Waals surface area contributed by atoms with Crippen molar-refractivity contribution in [3.63, 3.8) is 0 Å². The zero-order valence-electron chi connectivity index (χ0n) is 24.9. The number of esters is 4. The Bertz CT molecular complexity index is 1340. The SMILES string of the molecule is C=C1[C@H]([C@@]2(C)C=CC(=O)C(C)(C)[C@@H]2CC(=O)OC)[C@@H](OC(C)=O)[C@H](OC(C)=O)[C@@]2(C)[C@H](C3=C[C@@H](O)OC3=O)C[C@H]3O[C@@]132. The molecule has 5 rings (SSSR count). The molecule has 0 unspecified atom stereocenters. The second-order valence-electron chi connectivity index (χ2n) is 13.1. The quantitative estimate of drug-likeness (QED) is 0.211. The van der Waals surface area contributed by atoms with E-state index in [1.807, 2.05) is 13.8 Å². The third-order valence-electron chi connectivity index (χ3n) is 10.6. The minimum absolute atomic E-state index is 0.112. The van der Waals surface area contributed by atoms with E-state index in [0.717, 1.165) is 0 Å². The van der Waals surface area contributed by atoms with Gasteiger partial charge >= 0.3 is 23.9 Å². The maximum atomic E-state index is 13.2. The van der Waals surface area contributed by atoms with Crippen molar-refractivity contribution < 1.29 is 52.8 Å². The molecular weight excluding hydrogens is 548 g/mol. The van der Waals surface area contributed by atoms with E-state index in [2.05, 4.69) is 6.58 Å². The molecule has 11 heteroatoms. The van der Waals surface area contributed by atoms with Crippen molar-refractivity contribution in [1.29, 1.82) is 0 Å². The molecule has 0 radical (unpaired) electrons. The van der Waals surface area contributed by atoms with E-state index >= 15 is 0 Å². The maximum Gasteiger partial charge on any atom is 0.336 e. The summed E-state index contributed by atoms with van der Waals surface area (Å²) in [5, 5.41) is 10.1. The second-order valence-corrected chi connectivity index (χ2v) is 13.1. The maximum absolute atomic E-state index is 13.2. The molecule has 1 N–H and O–H groups in total. The number of carbonyl (C=O) groups is 5. The van der Waals surface area contributed by atoms with Crippen LogP contribution in [0.3, 0.4) is 0 Å². The number of epoxide rings is 1. The van der Waals surface area contributed by atoms with Crippen molar-refractivity contribution in [3.8, 4) is 0 Å². The lowest BCUT2D eigenvalue weighted by atomic mass is 9.46. The Balaban J connectivity index is 1.73. The van der Waals surface area contributed by atoms with Gasteiger partial charge in [0.1, 0.15) is 17.8 Å². The molecular formula is C31H38O11. The molecule has 0 aromatic carbocycles. The first kappa shape index (κ1) is 30.2. The third-order valence-corrected chi connectivity index (χ3v) is 10.6. The first-order valence-corrected chi connectivity index (χ1v) is 14.1. The predicted molar refractivity (Wildman–Crippen MR) is 144 cm³/mol. The topological polar surface area (TPSA) is 155 Å². The molecule has 1 saturated heterocycles. The van der Waals surface area contributed by atoms with Crippen LogP contribution in [0.4, 0.5) is 0 Å². The fraction of sp³-hybridized carbons (Fsp3) is 0.645. The van der Waals surface area contributed by atoms with Gasteiger partial charge in [-0.05, 0) is 30.1 Å². The highest BCUT2D eigenvalue weighted by Crippen LogP contribution is 2.76. The highest BCUT2D eigenvalue weighted by atomic mass is 16.6. The molecule has 228 valence electrons. The molecule has 3 aliphatic carbocycles. The number of aliphatic hydroxyl groups is 1. The summed E-state index contributed by atoms with van der Waals surface area (Å²) < 4.78 is 28.5. The van der Waals surface area contributed by atoms with E-state index in [1.165, 1.54) is 33.1 Å². The summed E-state index contributed by atoms with van der Waals surface area (Å²) in [6, 6.07) is 0. The van der Waals surface area contributed by atoms with Crippen LogP contribution in [-0.2, 0) is 47.7 Å². The normalized spacial score (nSPS) is 43.1. The van der Waals surface area contributed by atoms with Crippen molar-refractivity contribution >= 4 is 29.7 Å². The zero-order valence-corrected chi connectivity index (χ0v) is 24.9. The summed E-state index contributed by atoms with van der Waals surface area (Å²) in [4.78, 5) is 64.1. The summed E-state index contributed by atoms with van der Waals surface area (Å²) in [5.41, 5.74) is -3.55. The molecule has 2 aliphatic heterocycles. The summed E-state index contributed by atoms with van der Waals surface area (Å²) in [6.07, 6.45) is 0.652. The molecule has 0 bridgehead atoms. The zero-order chi connectivity index (χ0) is 31.2. The number of ketones is 1. The molecule has 0 aromatic rings. The van der Waals surface area contributed by atoms with Gasteiger partial charge < -0.3 is 28.8 Å². The van der Waals surface area contributed by atoms with Gasteiger partial charge in [0.05, 0.1) is 25.0 Å². The van der Waals surface area contributed by atoms with Crippen LogP contribution in [0.25, 0.3) is 0 Å². The van der Waals surface area contributed by atoms with Crippen molar-refractivity contribution in [1.82, 2.24) is 0 Å². The molecule has 5 aliphatic rings. The molecule has 0 amide bonds. The minimum atomic E-state index is -1.41. The van der Waals surface area contributed by atoms with Crippen LogP contribution in [0.5, 0.6) is 0 Å². The van der Waals surface area contributed by atoms with E-state index in [4.69, 9.17) is 23.7 Å². The molecule has 2 heterocycles. The van der Waals surface area contributed by atoms with E-state index in [0.29, 0.717) is 12.0 Å². The standard InChI is InChI=1S/C31H38O11/c1-14-24(29(6)10-9-20(34)28(4,5)19(29)13-22(35)38-8)25(39-15(2)32)26(40-16(3)33)30(7)18(12-21-31(14,30)42-21)17-11-23(36)41-27(17)37/h9-11,18-19,21,23-26,36H,1,12-13H2,2-8H3/t18-,19-,21+,23-,24-,25+,26-,29-,30+,31-/m0/s1. The first-order chi connectivity index (χ1) is 19.5. The Kier molecular flexibility index (Phi) is 6.89. The lowest BCUT2D eigenvalue weighted by molar-refractivity contribution is -0.209. The van der Waals surface area contributed by atoms with Gasteiger partial charge in [-0.15, -0.1) is 0 Å². The number of rotatable bonds is 6. The van der Waals surface area contributed by atoms with Crippen molar-refractivity contribution in [3.05, 3.63) is 36.0 Å². The van der Waals surface area contributed by atoms with Crippen LogP contribution in [0.15, 0.2) is 36.0 Å². The van der Waals surface area contributed by atoms with Crippen molar-refractivity contribution in [2.75, 3.05) is 7.11 Å². The minimum Gasteiger partial charge on any atom is -0.469 e. The summed E-state index contributed by atoms with van der Waals surface area (Å²) in [5.74, 6) is -4.68. The fourth-order valence-corrected chi connectivity index (χ4v) is 8.72. The Morgan fingerprint density at radius 1 is 1.10 bits per heavy atom. The van der Waals surface area contributed by atoms with E-state index < -0.39 is 88.1 Å². The largest absolute Gasteiger partial charge is 0.469 e. The first-order valence-electron chi connectivity index (χ1n) is 14.1. The van der Waals surface area contributed by atoms with Gasteiger partial charge in [0, 0.05) is 42.1 Å². The van der Waals surface area contributed by atoms with Crippen LogP contribution in [0.2, 0.25) is 0 Å². The Morgan fingerprint density at radius 2 is 1.74 bits per heavy atom. The van der Waals surface area contributed by atoms with Gasteiger partial charge in [-0.3, -0.25) is 19.2 Å². The Morgan fingerprint density at radius 3 is 2.29 bits per heavy atom.